The van der Waals surface area contributed by atoms with Gasteiger partial charge in [-0.05, 0) is 163 Å². The van der Waals surface area contributed by atoms with Gasteiger partial charge in [-0.25, -0.2) is 18.1 Å². The van der Waals surface area contributed by atoms with Gasteiger partial charge in [0.1, 0.15) is 21.8 Å². The molecule has 0 radical (unpaired) electrons. The van der Waals surface area contributed by atoms with Crippen LogP contribution < -0.4 is 0 Å². The molecular weight excluding hydrogens is 922 g/mol. The van der Waals surface area contributed by atoms with Crippen molar-refractivity contribution in [2.24, 2.45) is 22.7 Å². The van der Waals surface area contributed by atoms with Gasteiger partial charge in [0.05, 0.1) is 41.3 Å². The van der Waals surface area contributed by atoms with E-state index in [2.05, 4.69) is 66.5 Å². The fourth-order valence-corrected chi connectivity index (χ4v) is 15.2. The Morgan fingerprint density at radius 3 is 1.59 bits per heavy atom. The summed E-state index contributed by atoms with van der Waals surface area (Å²) in [6.45, 7) is 4.53. The van der Waals surface area contributed by atoms with E-state index in [0.29, 0.717) is 5.56 Å². The van der Waals surface area contributed by atoms with Gasteiger partial charge in [0, 0.05) is 11.5 Å². The van der Waals surface area contributed by atoms with Crippen LogP contribution in [0, 0.1) is 34.3 Å². The van der Waals surface area contributed by atoms with Crippen molar-refractivity contribution in [2.45, 2.75) is 103 Å². The Labute approximate surface area is 418 Å². The Morgan fingerprint density at radius 2 is 1.10 bits per heavy atom. The standard InChI is InChI=1S/C29H31FN2OS2.C26H25FN2O2.2CH4.H3P/c1-28-18-20-19-31-32(24-13-11-23(30)12-14-24)26(20)17-22(28)9-5-10-25(28)27(33)29(34-15-6-16-35-29)21-7-3-2-4-8-21;1-26-15-18-16-28-29(21-12-10-20(27)11-13-21)23(18)14-19(26)8-5-9-22(26)25(31)24(30)17-6-3-2-4-7-17;;;/h2-4,7-8,11-14,17,19,25,27,33H,5-6,9-10,15-16,18H2,1H3;2-4,6-7,10-14,16,22,25,31H,5,8-9,15H2,1H3;2*1H4;1H3/t25-,27-,28+;22-,25-,26+;;;/m11.../s1. The van der Waals surface area contributed by atoms with Crippen LogP contribution in [0.5, 0.6) is 0 Å². The highest BCUT2D eigenvalue weighted by atomic mass is 32.2. The molecule has 12 heteroatoms. The fraction of sp³-hybridized carbons (Fsp3) is 0.386. The molecule has 4 aliphatic carbocycles. The van der Waals surface area contributed by atoms with E-state index >= 15 is 0 Å². The molecule has 2 saturated carbocycles. The normalized spacial score (nSPS) is 23.9. The Kier molecular flexibility index (Phi) is 16.2. The maximum absolute atomic E-state index is 13.5. The van der Waals surface area contributed by atoms with Crippen molar-refractivity contribution in [3.05, 3.63) is 178 Å². The van der Waals surface area contributed by atoms with Gasteiger partial charge in [-0.3, -0.25) is 4.79 Å². The van der Waals surface area contributed by atoms with E-state index in [1.54, 1.807) is 36.4 Å². The highest BCUT2D eigenvalue weighted by Gasteiger charge is 2.54. The second-order valence-corrected chi connectivity index (χ2v) is 22.1. The van der Waals surface area contributed by atoms with E-state index in [1.165, 1.54) is 53.0 Å². The van der Waals surface area contributed by atoms with Gasteiger partial charge < -0.3 is 10.2 Å². The number of nitrogens with zero attached hydrogens (tertiary/aromatic N) is 4. The van der Waals surface area contributed by atoms with Gasteiger partial charge in [-0.15, -0.1) is 23.5 Å². The summed E-state index contributed by atoms with van der Waals surface area (Å²) in [7, 11) is 0. The highest BCUT2D eigenvalue weighted by molar-refractivity contribution is 8.18. The van der Waals surface area contributed by atoms with Gasteiger partial charge in [0.2, 0.25) is 0 Å². The van der Waals surface area contributed by atoms with Crippen molar-refractivity contribution in [1.82, 2.24) is 19.6 Å². The number of Topliss-reactive ketones (excluding diaryl/α,β-unsaturated/α-hetero) is 1. The van der Waals surface area contributed by atoms with Crippen LogP contribution >= 0.6 is 33.4 Å². The predicted molar refractivity (Wildman–Crippen MR) is 286 cm³/mol. The maximum atomic E-state index is 13.5. The molecule has 3 fully saturated rings. The van der Waals surface area contributed by atoms with E-state index in [-0.39, 0.29) is 68.9 Å². The molecule has 3 heterocycles. The summed E-state index contributed by atoms with van der Waals surface area (Å²) in [6.07, 6.45) is 15.5. The van der Waals surface area contributed by atoms with Crippen molar-refractivity contribution >= 4 is 51.4 Å². The number of benzene rings is 4. The van der Waals surface area contributed by atoms with Crippen LogP contribution in [-0.2, 0) is 16.9 Å². The minimum atomic E-state index is -1.04. The molecule has 1 aliphatic heterocycles. The first-order chi connectivity index (χ1) is 32.0. The van der Waals surface area contributed by atoms with Crippen molar-refractivity contribution < 1.29 is 23.8 Å². The molecule has 11 rings (SSSR count). The highest BCUT2D eigenvalue weighted by Crippen LogP contribution is 2.61. The third-order valence-corrected chi connectivity index (χ3v) is 18.8. The number of hydrogen-bond acceptors (Lipinski definition) is 7. The number of fused-ring (bicyclic) bond motifs is 4. The Morgan fingerprint density at radius 1 is 0.652 bits per heavy atom. The maximum Gasteiger partial charge on any atom is 0.191 e. The van der Waals surface area contributed by atoms with Gasteiger partial charge in [-0.1, -0.05) is 101 Å². The van der Waals surface area contributed by atoms with Crippen LogP contribution in [0.3, 0.4) is 0 Å². The summed E-state index contributed by atoms with van der Waals surface area (Å²) in [4.78, 5) is 13.0. The predicted octanol–water partition coefficient (Wildman–Crippen LogP) is 13.2. The lowest BCUT2D eigenvalue weighted by Gasteiger charge is -2.52. The quantitative estimate of drug-likeness (QED) is 0.116. The largest absolute Gasteiger partial charge is 0.390 e. The van der Waals surface area contributed by atoms with Crippen LogP contribution in [0.15, 0.2) is 133 Å². The lowest BCUT2D eigenvalue weighted by molar-refractivity contribution is 0.0147. The molecule has 364 valence electrons. The SMILES string of the molecule is C.C.C[C@]12Cc3cnn(-c4ccc(F)cc4)c3C=C1CCC[C@@H]2[C@@H](O)C(=O)c1ccccc1.C[C@]12Cc3cnn(-c4ccc(F)cc4)c3C=C1CCC[C@@H]2[C@@H](O)C1(c2ccccc2)SCCCS1.P. The molecule has 1 saturated heterocycles. The molecule has 1 unspecified atom stereocenters. The number of rotatable bonds is 8. The second-order valence-electron chi connectivity index (χ2n) is 19.1. The summed E-state index contributed by atoms with van der Waals surface area (Å²) in [5.74, 6) is 1.46. The van der Waals surface area contributed by atoms with E-state index in [4.69, 9.17) is 0 Å². The molecular formula is C57H67F2N4O3PS2. The van der Waals surface area contributed by atoms with Crippen LogP contribution in [0.4, 0.5) is 8.78 Å². The van der Waals surface area contributed by atoms with E-state index in [1.807, 2.05) is 63.5 Å². The van der Waals surface area contributed by atoms with Crippen molar-refractivity contribution in [2.75, 3.05) is 11.5 Å². The van der Waals surface area contributed by atoms with Crippen molar-refractivity contribution in [3.63, 3.8) is 0 Å². The lowest BCUT2D eigenvalue weighted by Crippen LogP contribution is -2.50. The molecule has 7 atom stereocenters. The number of carbonyl (C=O) groups is 1. The molecule has 4 aromatic carbocycles. The number of halogens is 2. The van der Waals surface area contributed by atoms with E-state index in [9.17, 15) is 23.8 Å². The molecule has 69 heavy (non-hydrogen) atoms. The number of aliphatic hydroxyl groups excluding tert-OH is 2. The second kappa shape index (κ2) is 21.4. The van der Waals surface area contributed by atoms with Gasteiger partial charge in [-0.2, -0.15) is 20.1 Å². The molecule has 2 aromatic heterocycles. The summed E-state index contributed by atoms with van der Waals surface area (Å²) in [5.41, 5.74) is 10.1. The first-order valence-corrected chi connectivity index (χ1v) is 25.3. The van der Waals surface area contributed by atoms with Crippen molar-refractivity contribution in [3.8, 4) is 11.4 Å². The molecule has 2 N–H and O–H groups in total. The van der Waals surface area contributed by atoms with Crippen molar-refractivity contribution in [1.29, 1.82) is 0 Å². The van der Waals surface area contributed by atoms with Crippen LogP contribution in [0.2, 0.25) is 0 Å². The zero-order chi connectivity index (χ0) is 45.6. The van der Waals surface area contributed by atoms with Crippen LogP contribution in [0.25, 0.3) is 23.5 Å². The molecule has 0 spiro atoms. The number of hydrogen-bond donors (Lipinski definition) is 2. The Bertz CT molecular complexity index is 2770. The molecule has 5 aliphatic rings. The Balaban J connectivity index is 0.000000197. The number of allylic oxidation sites excluding steroid dienone is 2. The third-order valence-electron chi connectivity index (χ3n) is 15.3. The average molecular weight is 989 g/mol. The Hall–Kier alpha value is -4.64. The lowest BCUT2D eigenvalue weighted by atomic mass is 9.57. The average Bonchev–Trinajstić information content (AvgIpc) is 3.95. The summed E-state index contributed by atoms with van der Waals surface area (Å²) >= 11 is 3.88. The zero-order valence-corrected chi connectivity index (χ0v) is 41.2. The van der Waals surface area contributed by atoms with Gasteiger partial charge in [0.15, 0.2) is 5.78 Å². The fourth-order valence-electron chi connectivity index (χ4n) is 11.7. The van der Waals surface area contributed by atoms with E-state index in [0.717, 1.165) is 91.2 Å². The summed E-state index contributed by atoms with van der Waals surface area (Å²) in [6, 6.07) is 32.6. The number of aliphatic hydroxyl groups is 2. The number of ketones is 1. The first-order valence-electron chi connectivity index (χ1n) is 23.4. The zero-order valence-electron chi connectivity index (χ0n) is 38.2. The molecule has 0 amide bonds. The molecule has 0 bridgehead atoms. The van der Waals surface area contributed by atoms with Gasteiger partial charge >= 0.3 is 0 Å². The van der Waals surface area contributed by atoms with Crippen LogP contribution in [0.1, 0.15) is 112 Å². The number of aromatic nitrogens is 4. The smallest absolute Gasteiger partial charge is 0.191 e. The topological polar surface area (TPSA) is 93.2 Å². The summed E-state index contributed by atoms with van der Waals surface area (Å²) < 4.78 is 30.3. The first kappa shape index (κ1) is 52.2. The van der Waals surface area contributed by atoms with Gasteiger partial charge in [0.25, 0.3) is 0 Å². The van der Waals surface area contributed by atoms with Crippen LogP contribution in [-0.4, -0.2) is 59.3 Å². The summed E-state index contributed by atoms with van der Waals surface area (Å²) in [5, 5.41) is 32.6. The molecule has 6 aromatic rings. The number of thioether (sulfide) groups is 2. The third kappa shape index (κ3) is 9.63. The number of carbonyl (C=O) groups excluding carboxylic acids is 1. The monoisotopic (exact) mass is 988 g/mol. The molecule has 7 nitrogen and oxygen atoms in total. The van der Waals surface area contributed by atoms with E-state index < -0.39 is 12.2 Å². The minimum absolute atomic E-state index is 0. The minimum Gasteiger partial charge on any atom is -0.390 e.